The Morgan fingerprint density at radius 1 is 1.09 bits per heavy atom. The van der Waals surface area contributed by atoms with Gasteiger partial charge in [0.2, 0.25) is 0 Å². The number of nitrogens with zero attached hydrogens (tertiary/aromatic N) is 2. The average Bonchev–Trinajstić information content (AvgIpc) is 3.04. The molecule has 2 aromatic carbocycles. The SMILES string of the molecule is CC(C)(Oc1c(Br)cc(CN2CCN(c3ccc(C(F)(F)F)cc3)C2=O)cc1Br)C(=O)O. The smallest absolute Gasteiger partial charge is 0.416 e. The first-order chi connectivity index (χ1) is 14.8. The van der Waals surface area contributed by atoms with Crippen LogP contribution in [0.5, 0.6) is 5.75 Å². The van der Waals surface area contributed by atoms with Crippen molar-refractivity contribution in [3.05, 3.63) is 56.5 Å². The quantitative estimate of drug-likeness (QED) is 0.461. The highest BCUT2D eigenvalue weighted by atomic mass is 79.9. The van der Waals surface area contributed by atoms with Crippen LogP contribution in [-0.2, 0) is 17.5 Å². The van der Waals surface area contributed by atoms with Crippen LogP contribution in [0.2, 0.25) is 0 Å². The molecule has 11 heteroatoms. The van der Waals surface area contributed by atoms with Crippen molar-refractivity contribution in [2.75, 3.05) is 18.0 Å². The standard InChI is InChI=1S/C21H19Br2F3N2O4/c1-20(2,18(29)30)32-17-15(22)9-12(10-16(17)23)11-27-7-8-28(19(27)31)14-5-3-13(4-6-14)21(24,25)26/h3-6,9-10H,7-8,11H2,1-2H3,(H,29,30). The fourth-order valence-corrected chi connectivity index (χ4v) is 4.56. The molecule has 32 heavy (non-hydrogen) atoms. The monoisotopic (exact) mass is 578 g/mol. The van der Waals surface area contributed by atoms with Gasteiger partial charge < -0.3 is 14.7 Å². The number of hydrogen-bond donors (Lipinski definition) is 1. The molecule has 0 radical (unpaired) electrons. The van der Waals surface area contributed by atoms with Gasteiger partial charge in [-0.1, -0.05) is 0 Å². The maximum atomic E-state index is 12.8. The second-order valence-electron chi connectivity index (χ2n) is 7.71. The lowest BCUT2D eigenvalue weighted by Crippen LogP contribution is -2.38. The van der Waals surface area contributed by atoms with Crippen molar-refractivity contribution < 1.29 is 32.6 Å². The Morgan fingerprint density at radius 2 is 1.66 bits per heavy atom. The fourth-order valence-electron chi connectivity index (χ4n) is 3.12. The number of aliphatic carboxylic acids is 1. The molecule has 2 aromatic rings. The minimum atomic E-state index is -4.43. The van der Waals surface area contributed by atoms with Crippen molar-refractivity contribution in [1.82, 2.24) is 4.90 Å². The summed E-state index contributed by atoms with van der Waals surface area (Å²) in [5.41, 5.74) is -1.06. The summed E-state index contributed by atoms with van der Waals surface area (Å²) < 4.78 is 45.0. The minimum Gasteiger partial charge on any atom is -0.478 e. The molecule has 0 atom stereocenters. The number of carboxylic acids is 1. The first-order valence-electron chi connectivity index (χ1n) is 9.43. The molecule has 0 bridgehead atoms. The van der Waals surface area contributed by atoms with Crippen LogP contribution in [0, 0.1) is 0 Å². The lowest BCUT2D eigenvalue weighted by atomic mass is 10.1. The highest BCUT2D eigenvalue weighted by molar-refractivity contribution is 9.11. The Balaban J connectivity index is 1.73. The highest BCUT2D eigenvalue weighted by Crippen LogP contribution is 2.38. The van der Waals surface area contributed by atoms with Crippen molar-refractivity contribution in [1.29, 1.82) is 0 Å². The topological polar surface area (TPSA) is 70.1 Å². The molecule has 0 aliphatic carbocycles. The second-order valence-corrected chi connectivity index (χ2v) is 9.42. The van der Waals surface area contributed by atoms with Gasteiger partial charge in [0.05, 0.1) is 14.5 Å². The van der Waals surface area contributed by atoms with E-state index in [0.29, 0.717) is 33.5 Å². The lowest BCUT2D eigenvalue weighted by Gasteiger charge is -2.24. The number of hydrogen-bond acceptors (Lipinski definition) is 3. The van der Waals surface area contributed by atoms with Crippen LogP contribution in [0.4, 0.5) is 23.7 Å². The number of halogens is 5. The predicted octanol–water partition coefficient (Wildman–Crippen LogP) is 5.91. The molecular formula is C21H19Br2F3N2O4. The molecule has 6 nitrogen and oxygen atoms in total. The molecule has 1 N–H and O–H groups in total. The van der Waals surface area contributed by atoms with Gasteiger partial charge >= 0.3 is 18.2 Å². The third-order valence-corrected chi connectivity index (χ3v) is 6.08. The number of carbonyl (C=O) groups excluding carboxylic acids is 1. The summed E-state index contributed by atoms with van der Waals surface area (Å²) in [5.74, 6) is -0.799. The van der Waals surface area contributed by atoms with Crippen molar-refractivity contribution in [2.45, 2.75) is 32.2 Å². The number of benzene rings is 2. The van der Waals surface area contributed by atoms with E-state index in [1.54, 1.807) is 17.0 Å². The number of amides is 2. The molecule has 1 saturated heterocycles. The van der Waals surface area contributed by atoms with Gasteiger partial charge in [-0.15, -0.1) is 0 Å². The van der Waals surface area contributed by atoms with Crippen molar-refractivity contribution in [2.24, 2.45) is 0 Å². The normalized spacial score (nSPS) is 14.8. The van der Waals surface area contributed by atoms with E-state index in [0.717, 1.165) is 17.7 Å². The van der Waals surface area contributed by atoms with Gasteiger partial charge in [0.1, 0.15) is 5.75 Å². The number of anilines is 1. The molecule has 0 spiro atoms. The first kappa shape index (κ1) is 24.4. The summed E-state index contributed by atoms with van der Waals surface area (Å²) in [5, 5.41) is 9.27. The van der Waals surface area contributed by atoms with Crippen LogP contribution in [0.25, 0.3) is 0 Å². The number of urea groups is 1. The number of carboxylic acid groups (broad SMARTS) is 1. The zero-order valence-corrected chi connectivity index (χ0v) is 20.2. The number of rotatable bonds is 6. The van der Waals surface area contributed by atoms with E-state index in [4.69, 9.17) is 4.74 Å². The largest absolute Gasteiger partial charge is 0.478 e. The van der Waals surface area contributed by atoms with E-state index >= 15 is 0 Å². The van der Waals surface area contributed by atoms with E-state index in [2.05, 4.69) is 31.9 Å². The zero-order valence-electron chi connectivity index (χ0n) is 17.0. The lowest BCUT2D eigenvalue weighted by molar-refractivity contribution is -0.152. The van der Waals surface area contributed by atoms with Crippen LogP contribution in [-0.4, -0.2) is 40.7 Å². The number of carbonyl (C=O) groups is 2. The summed E-state index contributed by atoms with van der Waals surface area (Å²) in [7, 11) is 0. The van der Waals surface area contributed by atoms with Gasteiger partial charge in [-0.05, 0) is 87.7 Å². The molecule has 0 aromatic heterocycles. The Hall–Kier alpha value is -2.27. The Morgan fingerprint density at radius 3 is 2.16 bits per heavy atom. The third-order valence-electron chi connectivity index (χ3n) is 4.91. The van der Waals surface area contributed by atoms with Crippen molar-refractivity contribution in [3.63, 3.8) is 0 Å². The molecule has 3 rings (SSSR count). The van der Waals surface area contributed by atoms with Crippen LogP contribution < -0.4 is 9.64 Å². The van der Waals surface area contributed by atoms with Crippen LogP contribution >= 0.6 is 31.9 Å². The van der Waals surface area contributed by atoms with E-state index in [-0.39, 0.29) is 12.6 Å². The zero-order chi connectivity index (χ0) is 23.8. The van der Waals surface area contributed by atoms with Crippen LogP contribution in [0.15, 0.2) is 45.3 Å². The molecule has 1 aliphatic heterocycles. The summed E-state index contributed by atoms with van der Waals surface area (Å²) in [6.07, 6.45) is -4.43. The summed E-state index contributed by atoms with van der Waals surface area (Å²) in [6.45, 7) is 3.87. The van der Waals surface area contributed by atoms with Gasteiger partial charge in [0.25, 0.3) is 0 Å². The maximum absolute atomic E-state index is 12.8. The Labute approximate surface area is 199 Å². The molecule has 1 fully saturated rings. The van der Waals surface area contributed by atoms with Crippen LogP contribution in [0.3, 0.4) is 0 Å². The molecule has 172 valence electrons. The van der Waals surface area contributed by atoms with Gasteiger partial charge in [0.15, 0.2) is 5.60 Å². The minimum absolute atomic E-state index is 0.260. The van der Waals surface area contributed by atoms with Gasteiger partial charge in [-0.3, -0.25) is 4.90 Å². The van der Waals surface area contributed by atoms with E-state index in [9.17, 15) is 27.9 Å². The molecule has 0 unspecified atom stereocenters. The second kappa shape index (κ2) is 8.93. The molecule has 2 amide bonds. The van der Waals surface area contributed by atoms with Gasteiger partial charge in [0, 0.05) is 25.3 Å². The average molecular weight is 580 g/mol. The fraction of sp³-hybridized carbons (Fsp3) is 0.333. The summed E-state index contributed by atoms with van der Waals surface area (Å²) in [4.78, 5) is 27.1. The first-order valence-corrected chi connectivity index (χ1v) is 11.0. The maximum Gasteiger partial charge on any atom is 0.416 e. The third kappa shape index (κ3) is 5.20. The molecule has 1 heterocycles. The highest BCUT2D eigenvalue weighted by Gasteiger charge is 2.34. The van der Waals surface area contributed by atoms with E-state index in [1.807, 2.05) is 0 Å². The van der Waals surface area contributed by atoms with Gasteiger partial charge in [-0.25, -0.2) is 9.59 Å². The Bertz CT molecular complexity index is 1020. The summed E-state index contributed by atoms with van der Waals surface area (Å²) in [6, 6.07) is 7.62. The van der Waals surface area contributed by atoms with Crippen molar-refractivity contribution >= 4 is 49.5 Å². The van der Waals surface area contributed by atoms with Crippen molar-refractivity contribution in [3.8, 4) is 5.75 Å². The molecule has 1 aliphatic rings. The van der Waals surface area contributed by atoms with Crippen LogP contribution in [0.1, 0.15) is 25.0 Å². The van der Waals surface area contributed by atoms with Gasteiger partial charge in [-0.2, -0.15) is 13.2 Å². The summed E-state index contributed by atoms with van der Waals surface area (Å²) >= 11 is 6.76. The Kier molecular flexibility index (Phi) is 6.80. The van der Waals surface area contributed by atoms with E-state index < -0.39 is 23.3 Å². The predicted molar refractivity (Wildman–Crippen MR) is 119 cm³/mol. The number of alkyl halides is 3. The molecular weight excluding hydrogens is 561 g/mol. The van der Waals surface area contributed by atoms with E-state index in [1.165, 1.54) is 30.9 Å². The molecule has 0 saturated carbocycles. The number of ether oxygens (including phenoxy) is 1.